The molecule has 118 valence electrons. The second-order valence-corrected chi connectivity index (χ2v) is 4.96. The quantitative estimate of drug-likeness (QED) is 0.386. The Labute approximate surface area is 129 Å². The van der Waals surface area contributed by atoms with E-state index in [-0.39, 0.29) is 5.69 Å². The number of nitro groups is 1. The van der Waals surface area contributed by atoms with Crippen LogP contribution in [0.5, 0.6) is 0 Å². The van der Waals surface area contributed by atoms with Crippen molar-refractivity contribution < 1.29 is 14.4 Å². The number of methoxy groups -OCH3 is 1. The molecule has 1 rings (SSSR count). The number of hydrogen-bond acceptors (Lipinski definition) is 5. The van der Waals surface area contributed by atoms with Crippen LogP contribution in [0.3, 0.4) is 0 Å². The van der Waals surface area contributed by atoms with Crippen LogP contribution in [0.15, 0.2) is 18.2 Å². The molecule has 21 heavy (non-hydrogen) atoms. The summed E-state index contributed by atoms with van der Waals surface area (Å²) >= 11 is 5.77. The number of halogens is 1. The second kappa shape index (κ2) is 10.5. The van der Waals surface area contributed by atoms with Crippen molar-refractivity contribution in [3.05, 3.63) is 38.9 Å². The average molecular weight is 317 g/mol. The highest BCUT2D eigenvalue weighted by atomic mass is 35.5. The summed E-state index contributed by atoms with van der Waals surface area (Å²) in [4.78, 5) is 10.5. The Morgan fingerprint density at radius 1 is 1.29 bits per heavy atom. The van der Waals surface area contributed by atoms with E-state index in [0.717, 1.165) is 19.4 Å². The van der Waals surface area contributed by atoms with Gasteiger partial charge in [0.2, 0.25) is 0 Å². The number of hydrogen-bond donors (Lipinski definition) is 1. The Morgan fingerprint density at radius 3 is 2.81 bits per heavy atom. The Hall–Kier alpha value is -1.21. The highest BCUT2D eigenvalue weighted by molar-refractivity contribution is 6.30. The van der Waals surface area contributed by atoms with Crippen molar-refractivity contribution in [2.75, 3.05) is 33.5 Å². The van der Waals surface area contributed by atoms with E-state index in [1.165, 1.54) is 6.07 Å². The first kappa shape index (κ1) is 17.8. The van der Waals surface area contributed by atoms with Gasteiger partial charge in [-0.25, -0.2) is 0 Å². The second-order valence-electron chi connectivity index (χ2n) is 4.52. The minimum Gasteiger partial charge on any atom is -0.382 e. The monoisotopic (exact) mass is 316 g/mol. The van der Waals surface area contributed by atoms with Gasteiger partial charge in [-0.2, -0.15) is 0 Å². The van der Waals surface area contributed by atoms with Crippen molar-refractivity contribution in [1.29, 1.82) is 0 Å². The third-order valence-electron chi connectivity index (χ3n) is 2.88. The summed E-state index contributed by atoms with van der Waals surface area (Å²) in [5.41, 5.74) is 0.693. The first-order valence-electron chi connectivity index (χ1n) is 6.85. The Balaban J connectivity index is 2.20. The van der Waals surface area contributed by atoms with E-state index in [1.54, 1.807) is 19.2 Å². The van der Waals surface area contributed by atoms with Gasteiger partial charge in [-0.3, -0.25) is 10.1 Å². The minimum atomic E-state index is -0.410. The third-order valence-corrected chi connectivity index (χ3v) is 3.12. The standard InChI is InChI=1S/C14H21ClN2O4/c1-20-8-9-21-7-3-2-6-16-11-12-4-5-13(15)10-14(12)17(18)19/h4-5,10,16H,2-3,6-9,11H2,1H3. The predicted molar refractivity (Wildman–Crippen MR) is 81.7 cm³/mol. The minimum absolute atomic E-state index is 0.0536. The zero-order chi connectivity index (χ0) is 15.5. The predicted octanol–water partition coefficient (Wildman–Crippen LogP) is 2.78. The van der Waals surface area contributed by atoms with Crippen LogP contribution < -0.4 is 5.32 Å². The molecule has 1 N–H and O–H groups in total. The van der Waals surface area contributed by atoms with Gasteiger partial charge < -0.3 is 14.8 Å². The molecule has 0 spiro atoms. The fraction of sp³-hybridized carbons (Fsp3) is 0.571. The zero-order valence-electron chi connectivity index (χ0n) is 12.1. The van der Waals surface area contributed by atoms with Gasteiger partial charge in [0.1, 0.15) is 0 Å². The van der Waals surface area contributed by atoms with Crippen molar-refractivity contribution in [2.45, 2.75) is 19.4 Å². The molecular formula is C14H21ClN2O4. The normalized spacial score (nSPS) is 10.8. The van der Waals surface area contributed by atoms with Crippen molar-refractivity contribution in [2.24, 2.45) is 0 Å². The summed E-state index contributed by atoms with van der Waals surface area (Å²) < 4.78 is 10.2. The summed E-state index contributed by atoms with van der Waals surface area (Å²) in [6.45, 7) is 3.16. The van der Waals surface area contributed by atoms with E-state index in [2.05, 4.69) is 5.32 Å². The van der Waals surface area contributed by atoms with Crippen molar-refractivity contribution in [1.82, 2.24) is 5.32 Å². The smallest absolute Gasteiger partial charge is 0.275 e. The van der Waals surface area contributed by atoms with E-state index < -0.39 is 4.92 Å². The number of rotatable bonds is 11. The zero-order valence-corrected chi connectivity index (χ0v) is 12.9. The number of nitrogens with one attached hydrogen (secondary N) is 1. The van der Waals surface area contributed by atoms with Crippen LogP contribution >= 0.6 is 11.6 Å². The van der Waals surface area contributed by atoms with Crippen LogP contribution in [0.2, 0.25) is 5.02 Å². The van der Waals surface area contributed by atoms with E-state index in [9.17, 15) is 10.1 Å². The van der Waals surface area contributed by atoms with Crippen LogP contribution in [0.4, 0.5) is 5.69 Å². The molecule has 0 saturated carbocycles. The average Bonchev–Trinajstić information content (AvgIpc) is 2.46. The molecule has 0 heterocycles. The summed E-state index contributed by atoms with van der Waals surface area (Å²) in [6.07, 6.45) is 1.90. The van der Waals surface area contributed by atoms with Gasteiger partial charge in [-0.05, 0) is 31.5 Å². The summed E-state index contributed by atoms with van der Waals surface area (Å²) in [7, 11) is 1.64. The first-order chi connectivity index (χ1) is 10.1. The van der Waals surface area contributed by atoms with Gasteiger partial charge in [0.25, 0.3) is 5.69 Å². The van der Waals surface area contributed by atoms with Gasteiger partial charge in [0.05, 0.1) is 18.1 Å². The van der Waals surface area contributed by atoms with E-state index in [0.29, 0.717) is 37.0 Å². The first-order valence-corrected chi connectivity index (χ1v) is 7.23. The molecule has 1 aromatic rings. The highest BCUT2D eigenvalue weighted by Crippen LogP contribution is 2.22. The molecule has 0 radical (unpaired) electrons. The third kappa shape index (κ3) is 7.38. The van der Waals surface area contributed by atoms with Gasteiger partial charge >= 0.3 is 0 Å². The van der Waals surface area contributed by atoms with Crippen molar-refractivity contribution >= 4 is 17.3 Å². The lowest BCUT2D eigenvalue weighted by Crippen LogP contribution is -2.16. The topological polar surface area (TPSA) is 73.6 Å². The molecule has 0 aliphatic rings. The lowest BCUT2D eigenvalue weighted by atomic mass is 10.2. The Bertz CT molecular complexity index is 443. The van der Waals surface area contributed by atoms with Crippen LogP contribution in [-0.4, -0.2) is 38.4 Å². The molecule has 0 bridgehead atoms. The molecule has 0 amide bonds. The van der Waals surface area contributed by atoms with E-state index >= 15 is 0 Å². The van der Waals surface area contributed by atoms with Crippen molar-refractivity contribution in [3.63, 3.8) is 0 Å². The largest absolute Gasteiger partial charge is 0.382 e. The fourth-order valence-electron chi connectivity index (χ4n) is 1.78. The van der Waals surface area contributed by atoms with Crippen LogP contribution in [0.1, 0.15) is 18.4 Å². The molecule has 0 atom stereocenters. The molecule has 0 aliphatic heterocycles. The number of nitrogens with zero attached hydrogens (tertiary/aromatic N) is 1. The van der Waals surface area contributed by atoms with E-state index in [4.69, 9.17) is 21.1 Å². The van der Waals surface area contributed by atoms with Gasteiger partial charge in [0, 0.05) is 36.9 Å². The number of benzene rings is 1. The SMILES string of the molecule is COCCOCCCCNCc1ccc(Cl)cc1[N+](=O)[O-]. The molecule has 6 nitrogen and oxygen atoms in total. The maximum Gasteiger partial charge on any atom is 0.275 e. The fourth-order valence-corrected chi connectivity index (χ4v) is 1.94. The number of ether oxygens (including phenoxy) is 2. The molecular weight excluding hydrogens is 296 g/mol. The summed E-state index contributed by atoms with van der Waals surface area (Å²) in [5.74, 6) is 0. The van der Waals surface area contributed by atoms with Crippen LogP contribution in [0.25, 0.3) is 0 Å². The molecule has 0 saturated heterocycles. The van der Waals surface area contributed by atoms with Gasteiger partial charge in [-0.1, -0.05) is 11.6 Å². The molecule has 7 heteroatoms. The molecule has 0 unspecified atom stereocenters. The van der Waals surface area contributed by atoms with Crippen LogP contribution in [-0.2, 0) is 16.0 Å². The molecule has 0 fully saturated rings. The highest BCUT2D eigenvalue weighted by Gasteiger charge is 2.13. The Morgan fingerprint density at radius 2 is 2.10 bits per heavy atom. The van der Waals surface area contributed by atoms with Crippen molar-refractivity contribution in [3.8, 4) is 0 Å². The molecule has 0 aliphatic carbocycles. The lowest BCUT2D eigenvalue weighted by molar-refractivity contribution is -0.385. The van der Waals surface area contributed by atoms with Crippen LogP contribution in [0, 0.1) is 10.1 Å². The number of nitro benzene ring substituents is 1. The number of unbranched alkanes of at least 4 members (excludes halogenated alkanes) is 1. The van der Waals surface area contributed by atoms with Gasteiger partial charge in [0.15, 0.2) is 0 Å². The maximum absolute atomic E-state index is 10.9. The summed E-state index contributed by atoms with van der Waals surface area (Å²) in [6, 6.07) is 4.72. The summed E-state index contributed by atoms with van der Waals surface area (Å²) in [5, 5.41) is 14.5. The molecule has 1 aromatic carbocycles. The molecule has 0 aromatic heterocycles. The van der Waals surface area contributed by atoms with Gasteiger partial charge in [-0.15, -0.1) is 0 Å². The lowest BCUT2D eigenvalue weighted by Gasteiger charge is -2.07. The maximum atomic E-state index is 10.9. The Kier molecular flexibility index (Phi) is 8.93. The van der Waals surface area contributed by atoms with E-state index in [1.807, 2.05) is 0 Å².